The maximum absolute atomic E-state index is 12.1. The van der Waals surface area contributed by atoms with Crippen molar-refractivity contribution < 1.29 is 13.2 Å². The highest BCUT2D eigenvalue weighted by Crippen LogP contribution is 2.28. The van der Waals surface area contributed by atoms with E-state index in [0.29, 0.717) is 12.1 Å². The summed E-state index contributed by atoms with van der Waals surface area (Å²) < 4.78 is 22.5. The first kappa shape index (κ1) is 13.9. The molecule has 0 fully saturated rings. The number of hydrogen-bond acceptors (Lipinski definition) is 4. The SMILES string of the molecule is CS(=O)(=O)CCN1C(=O)CCCc2cc(N)ccc21. The highest BCUT2D eigenvalue weighted by atomic mass is 32.2. The van der Waals surface area contributed by atoms with Crippen LogP contribution in [0.3, 0.4) is 0 Å². The van der Waals surface area contributed by atoms with Crippen molar-refractivity contribution in [1.29, 1.82) is 0 Å². The van der Waals surface area contributed by atoms with Crippen LogP contribution in [0.25, 0.3) is 0 Å². The lowest BCUT2D eigenvalue weighted by molar-refractivity contribution is -0.118. The van der Waals surface area contributed by atoms with E-state index < -0.39 is 9.84 Å². The summed E-state index contributed by atoms with van der Waals surface area (Å²) in [4.78, 5) is 13.7. The molecule has 0 atom stereocenters. The van der Waals surface area contributed by atoms with Gasteiger partial charge in [0.05, 0.1) is 5.75 Å². The average molecular weight is 282 g/mol. The molecule has 2 rings (SSSR count). The van der Waals surface area contributed by atoms with Crippen molar-refractivity contribution in [2.24, 2.45) is 0 Å². The molecule has 5 nitrogen and oxygen atoms in total. The van der Waals surface area contributed by atoms with E-state index in [1.54, 1.807) is 17.0 Å². The summed E-state index contributed by atoms with van der Waals surface area (Å²) in [6, 6.07) is 5.41. The Kier molecular flexibility index (Phi) is 3.80. The smallest absolute Gasteiger partial charge is 0.227 e. The van der Waals surface area contributed by atoms with Crippen molar-refractivity contribution >= 4 is 27.1 Å². The van der Waals surface area contributed by atoms with Crippen molar-refractivity contribution in [2.45, 2.75) is 19.3 Å². The number of aryl methyl sites for hydroxylation is 1. The van der Waals surface area contributed by atoms with E-state index in [1.165, 1.54) is 6.26 Å². The molecule has 1 aliphatic rings. The van der Waals surface area contributed by atoms with Crippen LogP contribution in [0.15, 0.2) is 18.2 Å². The minimum Gasteiger partial charge on any atom is -0.399 e. The Morgan fingerprint density at radius 1 is 1.32 bits per heavy atom. The maximum atomic E-state index is 12.1. The molecule has 0 unspecified atom stereocenters. The molecule has 0 saturated carbocycles. The number of benzene rings is 1. The lowest BCUT2D eigenvalue weighted by Gasteiger charge is -2.22. The van der Waals surface area contributed by atoms with E-state index >= 15 is 0 Å². The third kappa shape index (κ3) is 3.47. The molecule has 104 valence electrons. The van der Waals surface area contributed by atoms with E-state index in [4.69, 9.17) is 5.73 Å². The molecule has 1 aliphatic heterocycles. The van der Waals surface area contributed by atoms with Crippen LogP contribution in [-0.2, 0) is 21.1 Å². The number of nitrogens with zero attached hydrogens (tertiary/aromatic N) is 1. The Morgan fingerprint density at radius 3 is 2.74 bits per heavy atom. The second kappa shape index (κ2) is 5.21. The van der Waals surface area contributed by atoms with E-state index in [-0.39, 0.29) is 18.2 Å². The zero-order valence-electron chi connectivity index (χ0n) is 10.9. The Hall–Kier alpha value is -1.56. The summed E-state index contributed by atoms with van der Waals surface area (Å²) in [5.74, 6) is -0.0464. The number of fused-ring (bicyclic) bond motifs is 1. The topological polar surface area (TPSA) is 80.5 Å². The molecule has 0 spiro atoms. The van der Waals surface area contributed by atoms with Gasteiger partial charge in [0, 0.05) is 30.6 Å². The summed E-state index contributed by atoms with van der Waals surface area (Å²) in [6.07, 6.45) is 3.18. The summed E-state index contributed by atoms with van der Waals surface area (Å²) in [6.45, 7) is 0.203. The van der Waals surface area contributed by atoms with Gasteiger partial charge in [-0.15, -0.1) is 0 Å². The first-order valence-electron chi connectivity index (χ1n) is 6.23. The van der Waals surface area contributed by atoms with Gasteiger partial charge in [0.15, 0.2) is 0 Å². The van der Waals surface area contributed by atoms with Crippen LogP contribution in [-0.4, -0.2) is 32.9 Å². The van der Waals surface area contributed by atoms with Crippen molar-refractivity contribution in [3.8, 4) is 0 Å². The fourth-order valence-electron chi connectivity index (χ4n) is 2.27. The number of hydrogen-bond donors (Lipinski definition) is 1. The van der Waals surface area contributed by atoms with Crippen LogP contribution >= 0.6 is 0 Å². The molecular weight excluding hydrogens is 264 g/mol. The van der Waals surface area contributed by atoms with Gasteiger partial charge < -0.3 is 10.6 Å². The van der Waals surface area contributed by atoms with E-state index in [2.05, 4.69) is 0 Å². The van der Waals surface area contributed by atoms with Gasteiger partial charge in [-0.25, -0.2) is 8.42 Å². The van der Waals surface area contributed by atoms with Gasteiger partial charge >= 0.3 is 0 Å². The molecule has 2 N–H and O–H groups in total. The Bertz CT molecular complexity index is 596. The summed E-state index contributed by atoms with van der Waals surface area (Å²) in [5.41, 5.74) is 8.23. The summed E-state index contributed by atoms with van der Waals surface area (Å²) in [7, 11) is -3.09. The highest BCUT2D eigenvalue weighted by molar-refractivity contribution is 7.90. The van der Waals surface area contributed by atoms with Crippen LogP contribution in [0.5, 0.6) is 0 Å². The molecule has 19 heavy (non-hydrogen) atoms. The monoisotopic (exact) mass is 282 g/mol. The van der Waals surface area contributed by atoms with Crippen LogP contribution < -0.4 is 10.6 Å². The lowest BCUT2D eigenvalue weighted by atomic mass is 10.1. The minimum absolute atomic E-state index is 0.0211. The van der Waals surface area contributed by atoms with Gasteiger partial charge in [0.25, 0.3) is 0 Å². The molecule has 1 amide bonds. The second-order valence-corrected chi connectivity index (χ2v) is 7.18. The van der Waals surface area contributed by atoms with Crippen LogP contribution in [0.1, 0.15) is 18.4 Å². The second-order valence-electron chi connectivity index (χ2n) is 4.92. The molecule has 1 heterocycles. The molecule has 1 aromatic carbocycles. The number of carbonyl (C=O) groups excluding carboxylic acids is 1. The Balaban J connectivity index is 2.32. The fourth-order valence-corrected chi connectivity index (χ4v) is 2.78. The number of anilines is 2. The standard InChI is InChI=1S/C13H18N2O3S/c1-19(17,18)8-7-15-12-6-5-11(14)9-10(12)3-2-4-13(15)16/h5-6,9H,2-4,7-8,14H2,1H3. The predicted octanol–water partition coefficient (Wildman–Crippen LogP) is 0.983. The van der Waals surface area contributed by atoms with Gasteiger partial charge in [-0.2, -0.15) is 0 Å². The molecule has 1 aromatic rings. The zero-order valence-corrected chi connectivity index (χ0v) is 11.7. The Morgan fingerprint density at radius 2 is 2.05 bits per heavy atom. The number of nitrogens with two attached hydrogens (primary N) is 1. The highest BCUT2D eigenvalue weighted by Gasteiger charge is 2.23. The number of rotatable bonds is 3. The number of carbonyl (C=O) groups is 1. The number of amides is 1. The first-order chi connectivity index (χ1) is 8.87. The quantitative estimate of drug-likeness (QED) is 0.838. The van der Waals surface area contributed by atoms with E-state index in [9.17, 15) is 13.2 Å². The van der Waals surface area contributed by atoms with Gasteiger partial charge in [0.2, 0.25) is 5.91 Å². The van der Waals surface area contributed by atoms with Crippen molar-refractivity contribution in [1.82, 2.24) is 0 Å². The largest absolute Gasteiger partial charge is 0.399 e. The zero-order chi connectivity index (χ0) is 14.0. The average Bonchev–Trinajstić information content (AvgIpc) is 2.44. The lowest BCUT2D eigenvalue weighted by Crippen LogP contribution is -2.34. The van der Waals surface area contributed by atoms with Crippen LogP contribution in [0, 0.1) is 0 Å². The molecule has 0 saturated heterocycles. The van der Waals surface area contributed by atoms with Gasteiger partial charge in [-0.05, 0) is 36.6 Å². The van der Waals surface area contributed by atoms with E-state index in [0.717, 1.165) is 24.1 Å². The molecule has 0 aliphatic carbocycles. The third-order valence-corrected chi connectivity index (χ3v) is 4.14. The van der Waals surface area contributed by atoms with Gasteiger partial charge in [0.1, 0.15) is 9.84 Å². The van der Waals surface area contributed by atoms with Gasteiger partial charge in [-0.3, -0.25) is 4.79 Å². The third-order valence-electron chi connectivity index (χ3n) is 3.22. The molecule has 0 bridgehead atoms. The van der Waals surface area contributed by atoms with Crippen LogP contribution in [0.4, 0.5) is 11.4 Å². The molecule has 6 heteroatoms. The fraction of sp³-hybridized carbons (Fsp3) is 0.462. The Labute approximate surface area is 113 Å². The maximum Gasteiger partial charge on any atom is 0.227 e. The normalized spacial score (nSPS) is 16.1. The van der Waals surface area contributed by atoms with Crippen molar-refractivity contribution in [3.05, 3.63) is 23.8 Å². The molecular formula is C13H18N2O3S. The number of nitrogen functional groups attached to an aromatic ring is 1. The molecule has 0 radical (unpaired) electrons. The number of sulfone groups is 1. The van der Waals surface area contributed by atoms with E-state index in [1.807, 2.05) is 6.07 Å². The summed E-state index contributed by atoms with van der Waals surface area (Å²) >= 11 is 0. The minimum atomic E-state index is -3.09. The van der Waals surface area contributed by atoms with Crippen molar-refractivity contribution in [3.63, 3.8) is 0 Å². The molecule has 0 aromatic heterocycles. The van der Waals surface area contributed by atoms with Crippen molar-refractivity contribution in [2.75, 3.05) is 29.2 Å². The predicted molar refractivity (Wildman–Crippen MR) is 75.9 cm³/mol. The van der Waals surface area contributed by atoms with Crippen LogP contribution in [0.2, 0.25) is 0 Å². The summed E-state index contributed by atoms with van der Waals surface area (Å²) in [5, 5.41) is 0. The van der Waals surface area contributed by atoms with Gasteiger partial charge in [-0.1, -0.05) is 0 Å². The first-order valence-corrected chi connectivity index (χ1v) is 8.29.